The zero-order valence-corrected chi connectivity index (χ0v) is 14.5. The van der Waals surface area contributed by atoms with Crippen molar-refractivity contribution in [3.8, 4) is 5.75 Å². The Balaban J connectivity index is 1.39. The molecule has 2 fully saturated rings. The van der Waals surface area contributed by atoms with Gasteiger partial charge in [0.2, 0.25) is 0 Å². The number of nitrogens with zero attached hydrogens (tertiary/aromatic N) is 1. The molecule has 1 aromatic rings. The van der Waals surface area contributed by atoms with E-state index in [2.05, 4.69) is 5.16 Å². The lowest BCUT2D eigenvalue weighted by Crippen LogP contribution is -2.40. The van der Waals surface area contributed by atoms with E-state index in [0.29, 0.717) is 12.8 Å². The van der Waals surface area contributed by atoms with Crippen LogP contribution in [-0.2, 0) is 30.2 Å². The van der Waals surface area contributed by atoms with E-state index in [1.807, 2.05) is 26.0 Å². The van der Waals surface area contributed by atoms with Gasteiger partial charge in [-0.2, -0.15) is 0 Å². The van der Waals surface area contributed by atoms with Crippen molar-refractivity contribution in [2.24, 2.45) is 5.16 Å². The van der Waals surface area contributed by atoms with E-state index in [4.69, 9.17) is 23.8 Å². The summed E-state index contributed by atoms with van der Waals surface area (Å²) in [5.74, 6) is -0.420. The van der Waals surface area contributed by atoms with Crippen molar-refractivity contribution in [2.45, 2.75) is 63.2 Å². The zero-order chi connectivity index (χ0) is 17.6. The van der Waals surface area contributed by atoms with E-state index in [0.717, 1.165) is 11.3 Å². The maximum absolute atomic E-state index is 9.37. The number of hydrogen-bond donors (Lipinski definition) is 1. The van der Waals surface area contributed by atoms with Crippen LogP contribution < -0.4 is 0 Å². The Kier molecular flexibility index (Phi) is 4.19. The van der Waals surface area contributed by atoms with Crippen LogP contribution in [0, 0.1) is 0 Å². The molecule has 2 saturated heterocycles. The van der Waals surface area contributed by atoms with Crippen molar-refractivity contribution in [1.29, 1.82) is 0 Å². The van der Waals surface area contributed by atoms with Crippen molar-refractivity contribution in [1.82, 2.24) is 0 Å². The number of ether oxygens (including phenoxy) is 4. The Bertz CT molecular complexity index is 658. The van der Waals surface area contributed by atoms with Gasteiger partial charge in [-0.1, -0.05) is 17.3 Å². The van der Waals surface area contributed by atoms with Gasteiger partial charge in [0.15, 0.2) is 12.1 Å². The van der Waals surface area contributed by atoms with Crippen LogP contribution in [0.4, 0.5) is 0 Å². The highest BCUT2D eigenvalue weighted by molar-refractivity contribution is 5.90. The average Bonchev–Trinajstić information content (AvgIpc) is 3.21. The lowest BCUT2D eigenvalue weighted by molar-refractivity contribution is -0.208. The van der Waals surface area contributed by atoms with Crippen LogP contribution in [0.15, 0.2) is 29.4 Å². The normalized spacial score (nSPS) is 36.1. The predicted molar refractivity (Wildman–Crippen MR) is 88.2 cm³/mol. The standard InChI is InChI=1S/C18H23NO6/c1-18(2)23-16-15(21-3)14(22-17(16)24-18)13-9-12(25-19-13)8-10-4-6-11(20)7-5-10/h4-7,12,14-17,20H,8-9H2,1-3H3/t12?,14-,15+,16-,17-/m1/s1. The molecule has 0 bridgehead atoms. The van der Waals surface area contributed by atoms with E-state index >= 15 is 0 Å². The van der Waals surface area contributed by atoms with Gasteiger partial charge >= 0.3 is 0 Å². The first kappa shape index (κ1) is 16.8. The van der Waals surface area contributed by atoms with E-state index in [1.54, 1.807) is 19.2 Å². The zero-order valence-electron chi connectivity index (χ0n) is 14.5. The van der Waals surface area contributed by atoms with Gasteiger partial charge in [0, 0.05) is 20.0 Å². The van der Waals surface area contributed by atoms with Gasteiger partial charge in [-0.15, -0.1) is 0 Å². The summed E-state index contributed by atoms with van der Waals surface area (Å²) >= 11 is 0. The first-order valence-electron chi connectivity index (χ1n) is 8.49. The van der Waals surface area contributed by atoms with Crippen LogP contribution in [0.25, 0.3) is 0 Å². The molecule has 4 rings (SSSR count). The molecular weight excluding hydrogens is 326 g/mol. The number of oxime groups is 1. The molecule has 7 heteroatoms. The molecule has 5 atom stereocenters. The van der Waals surface area contributed by atoms with Crippen molar-refractivity contribution >= 4 is 5.71 Å². The van der Waals surface area contributed by atoms with E-state index in [-0.39, 0.29) is 30.2 Å². The number of phenols is 1. The third-order valence-electron chi connectivity index (χ3n) is 4.75. The van der Waals surface area contributed by atoms with Crippen molar-refractivity contribution in [2.75, 3.05) is 7.11 Å². The van der Waals surface area contributed by atoms with E-state index < -0.39 is 12.1 Å². The number of phenolic OH excluding ortho intramolecular Hbond substituents is 1. The molecule has 0 spiro atoms. The van der Waals surface area contributed by atoms with Crippen LogP contribution in [0.5, 0.6) is 5.75 Å². The highest BCUT2D eigenvalue weighted by Crippen LogP contribution is 2.40. The molecule has 1 aromatic carbocycles. The second kappa shape index (κ2) is 6.25. The molecule has 3 heterocycles. The number of hydrogen-bond acceptors (Lipinski definition) is 7. The number of methoxy groups -OCH3 is 1. The Morgan fingerprint density at radius 1 is 1.24 bits per heavy atom. The average molecular weight is 349 g/mol. The summed E-state index contributed by atoms with van der Waals surface area (Å²) in [6.45, 7) is 3.72. The lowest BCUT2D eigenvalue weighted by Gasteiger charge is -2.24. The van der Waals surface area contributed by atoms with E-state index in [1.165, 1.54) is 0 Å². The quantitative estimate of drug-likeness (QED) is 0.895. The van der Waals surface area contributed by atoms with Gasteiger partial charge < -0.3 is 28.9 Å². The van der Waals surface area contributed by atoms with Gasteiger partial charge in [-0.3, -0.25) is 0 Å². The summed E-state index contributed by atoms with van der Waals surface area (Å²) < 4.78 is 23.3. The van der Waals surface area contributed by atoms with Crippen molar-refractivity contribution in [3.63, 3.8) is 0 Å². The second-order valence-electron chi connectivity index (χ2n) is 7.11. The van der Waals surface area contributed by atoms with Crippen molar-refractivity contribution < 1.29 is 28.9 Å². The first-order chi connectivity index (χ1) is 11.9. The molecule has 7 nitrogen and oxygen atoms in total. The Hall–Kier alpha value is -1.67. The monoisotopic (exact) mass is 349 g/mol. The summed E-state index contributed by atoms with van der Waals surface area (Å²) in [6, 6.07) is 7.11. The third-order valence-corrected chi connectivity index (χ3v) is 4.75. The van der Waals surface area contributed by atoms with Crippen LogP contribution in [-0.4, -0.2) is 54.4 Å². The molecule has 136 valence electrons. The minimum absolute atomic E-state index is 0.0561. The largest absolute Gasteiger partial charge is 0.508 e. The number of fused-ring (bicyclic) bond motifs is 1. The Labute approximate surface area is 146 Å². The summed E-state index contributed by atoms with van der Waals surface area (Å²) in [7, 11) is 1.64. The van der Waals surface area contributed by atoms with Crippen LogP contribution >= 0.6 is 0 Å². The SMILES string of the molecule is CO[C@@H]1[C@H]2OC(C)(C)O[C@H]2O[C@@H]1C1=NOC(Cc2ccc(O)cc2)C1. The molecule has 3 aliphatic heterocycles. The fraction of sp³-hybridized carbons (Fsp3) is 0.611. The molecule has 0 aromatic heterocycles. The first-order valence-corrected chi connectivity index (χ1v) is 8.49. The number of rotatable bonds is 4. The minimum atomic E-state index is -0.674. The molecule has 0 aliphatic carbocycles. The Morgan fingerprint density at radius 3 is 2.72 bits per heavy atom. The van der Waals surface area contributed by atoms with Gasteiger partial charge in [0.1, 0.15) is 30.2 Å². The third kappa shape index (κ3) is 3.25. The smallest absolute Gasteiger partial charge is 0.190 e. The fourth-order valence-electron chi connectivity index (χ4n) is 3.63. The molecule has 0 saturated carbocycles. The second-order valence-corrected chi connectivity index (χ2v) is 7.11. The molecule has 25 heavy (non-hydrogen) atoms. The summed E-state index contributed by atoms with van der Waals surface area (Å²) in [5, 5.41) is 13.6. The summed E-state index contributed by atoms with van der Waals surface area (Å²) in [5.41, 5.74) is 1.90. The topological polar surface area (TPSA) is 78.7 Å². The highest BCUT2D eigenvalue weighted by atomic mass is 16.8. The van der Waals surface area contributed by atoms with Crippen LogP contribution in [0.3, 0.4) is 0 Å². The Morgan fingerprint density at radius 2 is 2.00 bits per heavy atom. The molecule has 0 amide bonds. The fourth-order valence-corrected chi connectivity index (χ4v) is 3.63. The number of aromatic hydroxyl groups is 1. The highest BCUT2D eigenvalue weighted by Gasteiger charge is 2.57. The lowest BCUT2D eigenvalue weighted by atomic mass is 9.98. The summed E-state index contributed by atoms with van der Waals surface area (Å²) in [6.07, 6.45) is -0.0202. The van der Waals surface area contributed by atoms with Gasteiger partial charge in [0.05, 0.1) is 5.71 Å². The molecule has 0 radical (unpaired) electrons. The maximum Gasteiger partial charge on any atom is 0.190 e. The van der Waals surface area contributed by atoms with Gasteiger partial charge in [0.25, 0.3) is 0 Å². The molecular formula is C18H23NO6. The minimum Gasteiger partial charge on any atom is -0.508 e. The summed E-state index contributed by atoms with van der Waals surface area (Å²) in [4.78, 5) is 5.58. The molecule has 3 aliphatic rings. The van der Waals surface area contributed by atoms with Crippen LogP contribution in [0.2, 0.25) is 0 Å². The molecule has 1 N–H and O–H groups in total. The van der Waals surface area contributed by atoms with Crippen molar-refractivity contribution in [3.05, 3.63) is 29.8 Å². The number of benzene rings is 1. The van der Waals surface area contributed by atoms with Gasteiger partial charge in [-0.05, 0) is 31.5 Å². The van der Waals surface area contributed by atoms with Crippen LogP contribution in [0.1, 0.15) is 25.8 Å². The molecule has 1 unspecified atom stereocenters. The predicted octanol–water partition coefficient (Wildman–Crippen LogP) is 1.97. The van der Waals surface area contributed by atoms with E-state index in [9.17, 15) is 5.11 Å². The van der Waals surface area contributed by atoms with Gasteiger partial charge in [-0.25, -0.2) is 0 Å². The maximum atomic E-state index is 9.37.